The van der Waals surface area contributed by atoms with Crippen LogP contribution in [0.4, 0.5) is 0 Å². The molecule has 100 valence electrons. The van der Waals surface area contributed by atoms with Gasteiger partial charge in [0.15, 0.2) is 11.5 Å². The summed E-state index contributed by atoms with van der Waals surface area (Å²) in [5.41, 5.74) is 1.16. The fraction of sp³-hybridized carbons (Fsp3) is 0.200. The molecule has 0 fully saturated rings. The molecule has 19 heavy (non-hydrogen) atoms. The van der Waals surface area contributed by atoms with Gasteiger partial charge in [0, 0.05) is 10.6 Å². The molecule has 3 nitrogen and oxygen atoms in total. The maximum atomic E-state index is 9.23. The second-order valence-electron chi connectivity index (χ2n) is 3.97. The van der Waals surface area contributed by atoms with Crippen molar-refractivity contribution in [3.8, 4) is 17.2 Å². The quantitative estimate of drug-likeness (QED) is 0.845. The van der Waals surface area contributed by atoms with Gasteiger partial charge >= 0.3 is 0 Å². The number of hydrogen-bond donors (Lipinski definition) is 1. The number of methoxy groups -OCH3 is 2. The standard InChI is InChI=1S/C15H16O3S/c1-17-14-8-3-11(9-15(14)18-2)10-19-13-6-4-12(16)5-7-13/h3-9,16H,10H2,1-2H3. The zero-order valence-electron chi connectivity index (χ0n) is 10.9. The highest BCUT2D eigenvalue weighted by molar-refractivity contribution is 7.98. The van der Waals surface area contributed by atoms with E-state index in [4.69, 9.17) is 9.47 Å². The van der Waals surface area contributed by atoms with E-state index in [0.29, 0.717) is 0 Å². The lowest BCUT2D eigenvalue weighted by atomic mass is 10.2. The van der Waals surface area contributed by atoms with Gasteiger partial charge in [0.05, 0.1) is 14.2 Å². The van der Waals surface area contributed by atoms with E-state index in [1.165, 1.54) is 0 Å². The Kier molecular flexibility index (Phi) is 4.58. The Morgan fingerprint density at radius 1 is 0.947 bits per heavy atom. The highest BCUT2D eigenvalue weighted by Gasteiger charge is 2.05. The summed E-state index contributed by atoms with van der Waals surface area (Å²) in [5.74, 6) is 2.60. The first-order chi connectivity index (χ1) is 9.22. The molecule has 2 rings (SSSR count). The molecule has 0 saturated heterocycles. The Balaban J connectivity index is 2.05. The lowest BCUT2D eigenvalue weighted by Gasteiger charge is -2.09. The smallest absolute Gasteiger partial charge is 0.161 e. The molecule has 0 aliphatic heterocycles. The number of phenolic OH excluding ortho intramolecular Hbond substituents is 1. The van der Waals surface area contributed by atoms with Crippen molar-refractivity contribution in [1.29, 1.82) is 0 Å². The van der Waals surface area contributed by atoms with Crippen LogP contribution in [0.1, 0.15) is 5.56 Å². The van der Waals surface area contributed by atoms with Crippen molar-refractivity contribution in [3.05, 3.63) is 48.0 Å². The summed E-state index contributed by atoms with van der Waals surface area (Å²) < 4.78 is 10.5. The van der Waals surface area contributed by atoms with Crippen molar-refractivity contribution < 1.29 is 14.6 Å². The fourth-order valence-corrected chi connectivity index (χ4v) is 2.52. The molecule has 0 spiro atoms. The van der Waals surface area contributed by atoms with E-state index in [0.717, 1.165) is 27.7 Å². The van der Waals surface area contributed by atoms with Crippen molar-refractivity contribution in [2.75, 3.05) is 14.2 Å². The average Bonchev–Trinajstić information content (AvgIpc) is 2.46. The van der Waals surface area contributed by atoms with Crippen molar-refractivity contribution in [2.45, 2.75) is 10.6 Å². The molecular formula is C15H16O3S. The molecule has 0 aliphatic rings. The van der Waals surface area contributed by atoms with Crippen molar-refractivity contribution >= 4 is 11.8 Å². The van der Waals surface area contributed by atoms with Gasteiger partial charge in [-0.3, -0.25) is 0 Å². The SMILES string of the molecule is COc1ccc(CSc2ccc(O)cc2)cc1OC. The van der Waals surface area contributed by atoms with E-state index < -0.39 is 0 Å². The maximum absolute atomic E-state index is 9.23. The molecule has 0 atom stereocenters. The second-order valence-corrected chi connectivity index (χ2v) is 5.02. The van der Waals surface area contributed by atoms with Crippen LogP contribution in [0.5, 0.6) is 17.2 Å². The highest BCUT2D eigenvalue weighted by Crippen LogP contribution is 2.31. The van der Waals surface area contributed by atoms with Gasteiger partial charge in [0.25, 0.3) is 0 Å². The summed E-state index contributed by atoms with van der Waals surface area (Å²) in [6.07, 6.45) is 0. The first-order valence-electron chi connectivity index (χ1n) is 5.85. The summed E-state index contributed by atoms with van der Waals surface area (Å²) in [4.78, 5) is 1.12. The summed E-state index contributed by atoms with van der Waals surface area (Å²) in [6.45, 7) is 0. The zero-order chi connectivity index (χ0) is 13.7. The minimum atomic E-state index is 0.287. The van der Waals surface area contributed by atoms with Gasteiger partial charge in [0.1, 0.15) is 5.75 Å². The molecule has 4 heteroatoms. The summed E-state index contributed by atoms with van der Waals surface area (Å²) in [6, 6.07) is 13.1. The van der Waals surface area contributed by atoms with Gasteiger partial charge in [-0.05, 0) is 42.0 Å². The van der Waals surface area contributed by atoms with E-state index in [-0.39, 0.29) is 5.75 Å². The van der Waals surface area contributed by atoms with Crippen LogP contribution in [-0.4, -0.2) is 19.3 Å². The predicted molar refractivity (Wildman–Crippen MR) is 77.2 cm³/mol. The molecule has 2 aromatic rings. The number of hydrogen-bond acceptors (Lipinski definition) is 4. The Labute approximate surface area is 117 Å². The minimum absolute atomic E-state index is 0.287. The van der Waals surface area contributed by atoms with Crippen molar-refractivity contribution in [2.24, 2.45) is 0 Å². The summed E-state index contributed by atoms with van der Waals surface area (Å²) in [7, 11) is 3.26. The topological polar surface area (TPSA) is 38.7 Å². The molecule has 0 saturated carbocycles. The number of phenols is 1. The number of rotatable bonds is 5. The zero-order valence-corrected chi connectivity index (χ0v) is 11.7. The number of benzene rings is 2. The van der Waals surface area contributed by atoms with E-state index in [1.54, 1.807) is 38.1 Å². The molecule has 2 aromatic carbocycles. The van der Waals surface area contributed by atoms with Crippen LogP contribution in [0.2, 0.25) is 0 Å². The largest absolute Gasteiger partial charge is 0.508 e. The van der Waals surface area contributed by atoms with Gasteiger partial charge in [-0.2, -0.15) is 0 Å². The molecular weight excluding hydrogens is 260 g/mol. The lowest BCUT2D eigenvalue weighted by molar-refractivity contribution is 0.354. The maximum Gasteiger partial charge on any atom is 0.161 e. The van der Waals surface area contributed by atoms with Crippen LogP contribution < -0.4 is 9.47 Å². The average molecular weight is 276 g/mol. The predicted octanol–water partition coefficient (Wildman–Crippen LogP) is 3.70. The van der Waals surface area contributed by atoms with Crippen LogP contribution in [0.25, 0.3) is 0 Å². The third-order valence-electron chi connectivity index (χ3n) is 2.69. The second kappa shape index (κ2) is 6.38. The third-order valence-corrected chi connectivity index (χ3v) is 3.77. The number of ether oxygens (including phenoxy) is 2. The van der Waals surface area contributed by atoms with Crippen molar-refractivity contribution in [3.63, 3.8) is 0 Å². The molecule has 1 N–H and O–H groups in total. The Hall–Kier alpha value is -1.81. The van der Waals surface area contributed by atoms with Crippen LogP contribution in [0, 0.1) is 0 Å². The number of thioether (sulfide) groups is 1. The fourth-order valence-electron chi connectivity index (χ4n) is 1.68. The summed E-state index contributed by atoms with van der Waals surface area (Å²) >= 11 is 1.71. The first-order valence-corrected chi connectivity index (χ1v) is 6.84. The van der Waals surface area contributed by atoms with E-state index in [1.807, 2.05) is 30.3 Å². The molecule has 0 unspecified atom stereocenters. The van der Waals surface area contributed by atoms with Gasteiger partial charge < -0.3 is 14.6 Å². The Bertz CT molecular complexity index is 538. The van der Waals surface area contributed by atoms with Crippen LogP contribution in [0.3, 0.4) is 0 Å². The molecule has 0 radical (unpaired) electrons. The monoisotopic (exact) mass is 276 g/mol. The van der Waals surface area contributed by atoms with Gasteiger partial charge in [-0.1, -0.05) is 6.07 Å². The first kappa shape index (κ1) is 13.6. The van der Waals surface area contributed by atoms with E-state index >= 15 is 0 Å². The highest BCUT2D eigenvalue weighted by atomic mass is 32.2. The lowest BCUT2D eigenvalue weighted by Crippen LogP contribution is -1.91. The number of aromatic hydroxyl groups is 1. The van der Waals surface area contributed by atoms with Gasteiger partial charge in [0.2, 0.25) is 0 Å². The van der Waals surface area contributed by atoms with Crippen LogP contribution in [-0.2, 0) is 5.75 Å². The molecule has 0 bridgehead atoms. The van der Waals surface area contributed by atoms with E-state index in [2.05, 4.69) is 0 Å². The molecule has 0 aromatic heterocycles. The Morgan fingerprint density at radius 3 is 2.26 bits per heavy atom. The molecule has 0 aliphatic carbocycles. The van der Waals surface area contributed by atoms with Crippen LogP contribution in [0.15, 0.2) is 47.4 Å². The van der Waals surface area contributed by atoms with Gasteiger partial charge in [-0.25, -0.2) is 0 Å². The minimum Gasteiger partial charge on any atom is -0.508 e. The van der Waals surface area contributed by atoms with Crippen LogP contribution >= 0.6 is 11.8 Å². The Morgan fingerprint density at radius 2 is 1.63 bits per heavy atom. The third kappa shape index (κ3) is 3.58. The van der Waals surface area contributed by atoms with Gasteiger partial charge in [-0.15, -0.1) is 11.8 Å². The van der Waals surface area contributed by atoms with E-state index in [9.17, 15) is 5.11 Å². The van der Waals surface area contributed by atoms with Crippen molar-refractivity contribution in [1.82, 2.24) is 0 Å². The molecule has 0 heterocycles. The normalized spacial score (nSPS) is 10.2. The molecule has 0 amide bonds. The summed E-state index contributed by atoms with van der Waals surface area (Å²) in [5, 5.41) is 9.23.